The molecule has 0 saturated heterocycles. The number of aryl methyl sites for hydroxylation is 1. The van der Waals surface area contributed by atoms with Crippen molar-refractivity contribution >= 4 is 22.9 Å². The van der Waals surface area contributed by atoms with Gasteiger partial charge in [-0.2, -0.15) is 0 Å². The molecule has 2 rings (SSSR count). The number of nitrogens with one attached hydrogen (secondary N) is 1. The van der Waals surface area contributed by atoms with Crippen molar-refractivity contribution in [3.63, 3.8) is 0 Å². The van der Waals surface area contributed by atoms with Crippen molar-refractivity contribution in [2.24, 2.45) is 0 Å². The van der Waals surface area contributed by atoms with Crippen molar-refractivity contribution in [1.29, 1.82) is 0 Å². The first-order valence-corrected chi connectivity index (χ1v) is 6.71. The van der Waals surface area contributed by atoms with Gasteiger partial charge in [0.2, 0.25) is 0 Å². The summed E-state index contributed by atoms with van der Waals surface area (Å²) in [4.78, 5) is 30.5. The first-order chi connectivity index (χ1) is 8.52. The van der Waals surface area contributed by atoms with Crippen LogP contribution in [0.4, 0.5) is 0 Å². The standard InChI is InChI=1S/C11H12ClN3O2S/c1-3-8-9(12)14-11(17)15(10(8)16)4-7-5-18-6(2)13-7/h5H,3-4H2,1-2H3,(H,14,17). The van der Waals surface area contributed by atoms with E-state index in [9.17, 15) is 9.59 Å². The molecule has 0 saturated carbocycles. The van der Waals surface area contributed by atoms with Gasteiger partial charge in [0.25, 0.3) is 5.56 Å². The van der Waals surface area contributed by atoms with Gasteiger partial charge < -0.3 is 0 Å². The highest BCUT2D eigenvalue weighted by Gasteiger charge is 2.12. The summed E-state index contributed by atoms with van der Waals surface area (Å²) < 4.78 is 1.12. The smallest absolute Gasteiger partial charge is 0.297 e. The van der Waals surface area contributed by atoms with Gasteiger partial charge in [-0.1, -0.05) is 18.5 Å². The van der Waals surface area contributed by atoms with E-state index in [1.54, 1.807) is 0 Å². The Bertz CT molecular complexity index is 686. The maximum Gasteiger partial charge on any atom is 0.329 e. The molecule has 0 fully saturated rings. The molecule has 0 unspecified atom stereocenters. The van der Waals surface area contributed by atoms with Crippen LogP contribution in [0.3, 0.4) is 0 Å². The first-order valence-electron chi connectivity index (χ1n) is 5.45. The monoisotopic (exact) mass is 285 g/mol. The normalized spacial score (nSPS) is 10.8. The lowest BCUT2D eigenvalue weighted by Crippen LogP contribution is -2.37. The summed E-state index contributed by atoms with van der Waals surface area (Å²) in [5, 5.41) is 2.86. The second-order valence-corrected chi connectivity index (χ2v) is 5.27. The van der Waals surface area contributed by atoms with Gasteiger partial charge in [-0.25, -0.2) is 9.78 Å². The SMILES string of the molecule is CCc1c(Cl)[nH]c(=O)n(Cc2csc(C)n2)c1=O. The fourth-order valence-corrected chi connectivity index (χ4v) is 2.58. The second-order valence-electron chi connectivity index (χ2n) is 3.83. The molecule has 2 aromatic heterocycles. The zero-order valence-corrected chi connectivity index (χ0v) is 11.6. The Morgan fingerprint density at radius 1 is 1.50 bits per heavy atom. The maximum absolute atomic E-state index is 12.1. The third kappa shape index (κ3) is 2.39. The minimum atomic E-state index is -0.507. The average molecular weight is 286 g/mol. The average Bonchev–Trinajstić information content (AvgIpc) is 2.70. The number of aromatic amines is 1. The molecule has 5 nitrogen and oxygen atoms in total. The summed E-state index contributed by atoms with van der Waals surface area (Å²) in [5.41, 5.74) is 0.266. The van der Waals surface area contributed by atoms with Gasteiger partial charge in [-0.05, 0) is 13.3 Å². The van der Waals surface area contributed by atoms with Gasteiger partial charge >= 0.3 is 5.69 Å². The summed E-state index contributed by atoms with van der Waals surface area (Å²) in [6.45, 7) is 3.86. The van der Waals surface area contributed by atoms with E-state index in [2.05, 4.69) is 9.97 Å². The van der Waals surface area contributed by atoms with Gasteiger partial charge in [0.05, 0.1) is 22.8 Å². The molecule has 7 heteroatoms. The molecule has 1 N–H and O–H groups in total. The molecular weight excluding hydrogens is 274 g/mol. The van der Waals surface area contributed by atoms with Crippen molar-refractivity contribution in [1.82, 2.24) is 14.5 Å². The number of thiazole rings is 1. The zero-order chi connectivity index (χ0) is 13.3. The maximum atomic E-state index is 12.1. The highest BCUT2D eigenvalue weighted by atomic mass is 35.5. The van der Waals surface area contributed by atoms with Gasteiger partial charge in [-0.15, -0.1) is 11.3 Å². The van der Waals surface area contributed by atoms with Crippen molar-refractivity contribution < 1.29 is 0 Å². The number of rotatable bonds is 3. The number of H-pyrrole nitrogens is 1. The van der Waals surface area contributed by atoms with Crippen LogP contribution < -0.4 is 11.2 Å². The van der Waals surface area contributed by atoms with Crippen molar-refractivity contribution in [2.45, 2.75) is 26.8 Å². The Hall–Kier alpha value is -1.40. The first kappa shape index (κ1) is 13.0. The molecule has 0 aromatic carbocycles. The Morgan fingerprint density at radius 2 is 2.22 bits per heavy atom. The molecule has 0 atom stereocenters. The van der Waals surface area contributed by atoms with E-state index >= 15 is 0 Å². The van der Waals surface area contributed by atoms with E-state index in [1.807, 2.05) is 19.2 Å². The summed E-state index contributed by atoms with van der Waals surface area (Å²) in [6, 6.07) is 0. The largest absolute Gasteiger partial charge is 0.329 e. The minimum Gasteiger partial charge on any atom is -0.297 e. The quantitative estimate of drug-likeness (QED) is 0.871. The van der Waals surface area contributed by atoms with Crippen LogP contribution in [0.2, 0.25) is 5.15 Å². The Morgan fingerprint density at radius 3 is 2.78 bits per heavy atom. The zero-order valence-electron chi connectivity index (χ0n) is 9.99. The number of nitrogens with zero attached hydrogens (tertiary/aromatic N) is 2. The predicted octanol–water partition coefficient (Wildman–Crippen LogP) is 1.57. The predicted molar refractivity (Wildman–Crippen MR) is 71.7 cm³/mol. The Balaban J connectivity index is 2.51. The molecular formula is C11H12ClN3O2S. The van der Waals surface area contributed by atoms with E-state index in [-0.39, 0.29) is 17.3 Å². The lowest BCUT2D eigenvalue weighted by atomic mass is 10.2. The van der Waals surface area contributed by atoms with E-state index in [4.69, 9.17) is 11.6 Å². The van der Waals surface area contributed by atoms with Crippen LogP contribution in [0.1, 0.15) is 23.2 Å². The van der Waals surface area contributed by atoms with Crippen LogP contribution in [-0.4, -0.2) is 14.5 Å². The van der Waals surface area contributed by atoms with Crippen molar-refractivity contribution in [3.8, 4) is 0 Å². The number of halogens is 1. The van der Waals surface area contributed by atoms with E-state index in [0.29, 0.717) is 17.7 Å². The Kier molecular flexibility index (Phi) is 3.68. The van der Waals surface area contributed by atoms with E-state index in [0.717, 1.165) is 9.57 Å². The molecule has 0 aliphatic carbocycles. The van der Waals surface area contributed by atoms with Gasteiger partial charge in [0, 0.05) is 5.38 Å². The van der Waals surface area contributed by atoms with Gasteiger partial charge in [-0.3, -0.25) is 14.3 Å². The summed E-state index contributed by atoms with van der Waals surface area (Å²) >= 11 is 7.32. The fraction of sp³-hybridized carbons (Fsp3) is 0.364. The molecule has 0 aliphatic rings. The molecule has 0 amide bonds. The van der Waals surface area contributed by atoms with Crippen LogP contribution >= 0.6 is 22.9 Å². The molecule has 2 aromatic rings. The van der Waals surface area contributed by atoms with Crippen LogP contribution in [-0.2, 0) is 13.0 Å². The third-order valence-corrected chi connectivity index (χ3v) is 3.72. The lowest BCUT2D eigenvalue weighted by Gasteiger charge is -2.06. The third-order valence-electron chi connectivity index (χ3n) is 2.57. The van der Waals surface area contributed by atoms with Crippen molar-refractivity contribution in [3.05, 3.63) is 47.6 Å². The molecule has 2 heterocycles. The summed E-state index contributed by atoms with van der Waals surface area (Å²) in [7, 11) is 0. The van der Waals surface area contributed by atoms with Crippen LogP contribution in [0.25, 0.3) is 0 Å². The van der Waals surface area contributed by atoms with Crippen LogP contribution in [0, 0.1) is 6.92 Å². The molecule has 0 radical (unpaired) electrons. The van der Waals surface area contributed by atoms with Crippen LogP contribution in [0.5, 0.6) is 0 Å². The number of hydrogen-bond acceptors (Lipinski definition) is 4. The van der Waals surface area contributed by atoms with E-state index in [1.165, 1.54) is 11.3 Å². The topological polar surface area (TPSA) is 67.8 Å². The summed E-state index contributed by atoms with van der Waals surface area (Å²) in [6.07, 6.45) is 0.477. The minimum absolute atomic E-state index is 0.123. The molecule has 0 aliphatic heterocycles. The van der Waals surface area contributed by atoms with Crippen molar-refractivity contribution in [2.75, 3.05) is 0 Å². The molecule has 18 heavy (non-hydrogen) atoms. The molecule has 0 bridgehead atoms. The van der Waals surface area contributed by atoms with Gasteiger partial charge in [0.15, 0.2) is 0 Å². The fourth-order valence-electron chi connectivity index (χ4n) is 1.68. The van der Waals surface area contributed by atoms with Gasteiger partial charge in [0.1, 0.15) is 5.15 Å². The summed E-state index contributed by atoms with van der Waals surface area (Å²) in [5.74, 6) is 0. The molecule has 96 valence electrons. The second kappa shape index (κ2) is 5.07. The highest BCUT2D eigenvalue weighted by Crippen LogP contribution is 2.09. The Labute approximate surface area is 112 Å². The molecule has 0 spiro atoms. The number of aromatic nitrogens is 3. The van der Waals surface area contributed by atoms with Crippen LogP contribution in [0.15, 0.2) is 15.0 Å². The van der Waals surface area contributed by atoms with E-state index < -0.39 is 5.69 Å². The highest BCUT2D eigenvalue weighted by molar-refractivity contribution is 7.09. The lowest BCUT2D eigenvalue weighted by molar-refractivity contribution is 0.675. The number of hydrogen-bond donors (Lipinski definition) is 1.